The normalized spacial score (nSPS) is 25.0. The zero-order valence-corrected chi connectivity index (χ0v) is 33.6. The van der Waals surface area contributed by atoms with Gasteiger partial charge in [-0.1, -0.05) is 135 Å². The van der Waals surface area contributed by atoms with Gasteiger partial charge in [-0.15, -0.1) is 0 Å². The lowest BCUT2D eigenvalue weighted by molar-refractivity contribution is -0.149. The molecular weight excluding hydrogens is 665 g/mol. The highest BCUT2D eigenvalue weighted by molar-refractivity contribution is 5.17. The molecule has 4 aromatic carbocycles. The van der Waals surface area contributed by atoms with Crippen LogP contribution in [-0.2, 0) is 35.7 Å². The topological polar surface area (TPSA) is 31.4 Å². The van der Waals surface area contributed by atoms with E-state index in [4.69, 9.17) is 9.47 Å². The van der Waals surface area contributed by atoms with Crippen molar-refractivity contribution in [1.82, 2.24) is 19.6 Å². The minimum atomic E-state index is -0.615. The molecule has 2 aliphatic rings. The molecule has 6 nitrogen and oxygen atoms in total. The number of nitrogens with zero attached hydrogens (tertiary/aromatic N) is 4. The largest absolute Gasteiger partial charge is 0.343 e. The van der Waals surface area contributed by atoms with E-state index in [9.17, 15) is 0 Å². The summed E-state index contributed by atoms with van der Waals surface area (Å²) in [5.41, 5.74) is 5.50. The van der Waals surface area contributed by atoms with Gasteiger partial charge >= 0.3 is 0 Å². The van der Waals surface area contributed by atoms with Gasteiger partial charge in [-0.2, -0.15) is 0 Å². The Morgan fingerprint density at radius 1 is 0.444 bits per heavy atom. The van der Waals surface area contributed by atoms with Crippen molar-refractivity contribution in [3.63, 3.8) is 0 Å². The van der Waals surface area contributed by atoms with Crippen LogP contribution in [0.25, 0.3) is 0 Å². The second-order valence-electron chi connectivity index (χ2n) is 16.7. The van der Waals surface area contributed by atoms with E-state index in [2.05, 4.69) is 169 Å². The van der Waals surface area contributed by atoms with Gasteiger partial charge in [0.25, 0.3) is 0 Å². The Hall–Kier alpha value is -3.36. The van der Waals surface area contributed by atoms with Crippen LogP contribution in [0.15, 0.2) is 121 Å². The summed E-state index contributed by atoms with van der Waals surface area (Å²) in [7, 11) is 0. The second-order valence-corrected chi connectivity index (χ2v) is 16.7. The van der Waals surface area contributed by atoms with Crippen LogP contribution < -0.4 is 0 Å². The molecule has 4 atom stereocenters. The first-order valence-electron chi connectivity index (χ1n) is 20.7. The Kier molecular flexibility index (Phi) is 15.3. The molecule has 0 aliphatic carbocycles. The average molecular weight is 731 g/mol. The molecule has 0 saturated carbocycles. The summed E-state index contributed by atoms with van der Waals surface area (Å²) in [5.74, 6) is 0.455. The van der Waals surface area contributed by atoms with Crippen molar-refractivity contribution in [2.45, 2.75) is 91.1 Å². The lowest BCUT2D eigenvalue weighted by Crippen LogP contribution is -2.45. The smallest absolute Gasteiger partial charge is 0.163 e. The fraction of sp³-hybridized carbons (Fsp3) is 0.500. The summed E-state index contributed by atoms with van der Waals surface area (Å²) in [5, 5.41) is 0. The molecule has 2 fully saturated rings. The highest BCUT2D eigenvalue weighted by atomic mass is 16.8. The predicted molar refractivity (Wildman–Crippen MR) is 223 cm³/mol. The van der Waals surface area contributed by atoms with Gasteiger partial charge < -0.3 is 9.47 Å². The molecule has 0 radical (unpaired) electrons. The zero-order chi connectivity index (χ0) is 37.6. The molecule has 0 spiro atoms. The Balaban J connectivity index is 1.26. The number of rotatable bonds is 8. The predicted octanol–water partition coefficient (Wildman–Crippen LogP) is 8.97. The highest BCUT2D eigenvalue weighted by Crippen LogP contribution is 2.31. The third kappa shape index (κ3) is 13.4. The Morgan fingerprint density at radius 2 is 0.759 bits per heavy atom. The van der Waals surface area contributed by atoms with Crippen LogP contribution in [0.1, 0.15) is 69.2 Å². The summed E-state index contributed by atoms with van der Waals surface area (Å²) in [6.45, 7) is 21.0. The Labute approximate surface area is 327 Å². The molecular formula is C48H66N4O2. The maximum atomic E-state index is 6.79. The summed E-state index contributed by atoms with van der Waals surface area (Å²) in [6.07, 6.45) is 3.46. The van der Waals surface area contributed by atoms with E-state index in [0.29, 0.717) is 11.8 Å². The summed E-state index contributed by atoms with van der Waals surface area (Å²) < 4.78 is 13.6. The van der Waals surface area contributed by atoms with Crippen molar-refractivity contribution in [2.75, 3.05) is 52.4 Å². The van der Waals surface area contributed by atoms with Crippen LogP contribution in [0, 0.1) is 11.8 Å². The quantitative estimate of drug-likeness (QED) is 0.180. The van der Waals surface area contributed by atoms with Crippen LogP contribution in [0.2, 0.25) is 0 Å². The number of fused-ring (bicyclic) bond motifs is 1. The molecule has 6 heteroatoms. The first-order valence-corrected chi connectivity index (χ1v) is 20.7. The average Bonchev–Trinajstić information content (AvgIpc) is 3.45. The molecule has 0 aromatic heterocycles. The van der Waals surface area contributed by atoms with Gasteiger partial charge in [0.2, 0.25) is 0 Å². The molecule has 0 bridgehead atoms. The van der Waals surface area contributed by atoms with Gasteiger partial charge in [0, 0.05) is 52.4 Å². The minimum absolute atomic E-state index is 0.0116. The maximum Gasteiger partial charge on any atom is 0.163 e. The molecule has 290 valence electrons. The van der Waals surface area contributed by atoms with Crippen molar-refractivity contribution >= 4 is 0 Å². The first-order chi connectivity index (χ1) is 26.3. The monoisotopic (exact) mass is 731 g/mol. The number of hydrogen-bond acceptors (Lipinski definition) is 6. The van der Waals surface area contributed by atoms with Gasteiger partial charge in [-0.25, -0.2) is 0 Å². The molecule has 0 N–H and O–H groups in total. The van der Waals surface area contributed by atoms with Crippen LogP contribution in [0.3, 0.4) is 0 Å². The van der Waals surface area contributed by atoms with E-state index in [1.54, 1.807) is 0 Å². The van der Waals surface area contributed by atoms with E-state index in [1.807, 2.05) is 0 Å². The van der Waals surface area contributed by atoms with Crippen molar-refractivity contribution < 1.29 is 9.47 Å². The van der Waals surface area contributed by atoms with Crippen LogP contribution in [-0.4, -0.2) is 90.0 Å². The molecule has 4 aromatic rings. The minimum Gasteiger partial charge on any atom is -0.343 e. The zero-order valence-electron chi connectivity index (χ0n) is 33.6. The van der Waals surface area contributed by atoms with Gasteiger partial charge in [0.05, 0.1) is 0 Å². The number of ether oxygens (including phenoxy) is 2. The summed E-state index contributed by atoms with van der Waals surface area (Å²) in [6, 6.07) is 44.0. The van der Waals surface area contributed by atoms with Gasteiger partial charge in [0.15, 0.2) is 5.79 Å². The fourth-order valence-electron chi connectivity index (χ4n) is 8.43. The van der Waals surface area contributed by atoms with E-state index in [0.717, 1.165) is 97.8 Å². The van der Waals surface area contributed by atoms with Crippen LogP contribution >= 0.6 is 0 Å². The van der Waals surface area contributed by atoms with Gasteiger partial charge in [0.1, 0.15) is 12.2 Å². The maximum absolute atomic E-state index is 6.79. The molecule has 2 aliphatic heterocycles. The molecule has 2 saturated heterocycles. The SMILES string of the molecule is CC1CCN(Cc2ccccc2)CCCN(Cc2ccccc2)CCC(C)CN(Cc2ccccc2)C[C@@H]2OC(C)(C)O[C@H]2CN(Cc2ccccc2)C1. The summed E-state index contributed by atoms with van der Waals surface area (Å²) in [4.78, 5) is 10.7. The lowest BCUT2D eigenvalue weighted by atomic mass is 10.0. The van der Waals surface area contributed by atoms with Crippen molar-refractivity contribution in [2.24, 2.45) is 11.8 Å². The molecule has 54 heavy (non-hydrogen) atoms. The standard InChI is InChI=1S/C48H66N4O2/c1-40-26-30-49(34-42-18-9-5-10-19-42)28-17-29-50(35-43-20-11-6-12-21-43)31-27-41(2)33-52(37-45-24-15-8-16-25-45)39-47-46(53-48(3,4)54-47)38-51(32-40)36-44-22-13-7-14-23-44/h5-16,18-25,40-41,46-47H,17,26-39H2,1-4H3/t40?,41?,46-,47-/m0/s1. The van der Waals surface area contributed by atoms with Gasteiger partial charge in [-0.05, 0) is 93.4 Å². The fourth-order valence-corrected chi connectivity index (χ4v) is 8.43. The second kappa shape index (κ2) is 20.5. The molecule has 2 unspecified atom stereocenters. The van der Waals surface area contributed by atoms with Crippen molar-refractivity contribution in [3.05, 3.63) is 144 Å². The Morgan fingerprint density at radius 3 is 1.09 bits per heavy atom. The van der Waals surface area contributed by atoms with E-state index >= 15 is 0 Å². The molecule has 0 amide bonds. The van der Waals surface area contributed by atoms with Gasteiger partial charge in [-0.3, -0.25) is 19.6 Å². The molecule has 6 rings (SSSR count). The number of hydrogen-bond donors (Lipinski definition) is 0. The third-order valence-electron chi connectivity index (χ3n) is 11.1. The third-order valence-corrected chi connectivity index (χ3v) is 11.1. The van der Waals surface area contributed by atoms with E-state index in [-0.39, 0.29) is 12.2 Å². The number of benzene rings is 4. The van der Waals surface area contributed by atoms with Crippen LogP contribution in [0.4, 0.5) is 0 Å². The summed E-state index contributed by atoms with van der Waals surface area (Å²) >= 11 is 0. The van der Waals surface area contributed by atoms with Crippen molar-refractivity contribution in [3.8, 4) is 0 Å². The van der Waals surface area contributed by atoms with Crippen LogP contribution in [0.5, 0.6) is 0 Å². The van der Waals surface area contributed by atoms with E-state index in [1.165, 1.54) is 22.3 Å². The van der Waals surface area contributed by atoms with Crippen molar-refractivity contribution in [1.29, 1.82) is 0 Å². The highest BCUT2D eigenvalue weighted by Gasteiger charge is 2.42. The Bertz CT molecular complexity index is 1490. The molecule has 2 heterocycles. The first kappa shape index (κ1) is 40.3. The van der Waals surface area contributed by atoms with E-state index < -0.39 is 5.79 Å². The lowest BCUT2D eigenvalue weighted by Gasteiger charge is -2.33.